The van der Waals surface area contributed by atoms with Crippen LogP contribution in [-0.2, 0) is 11.4 Å². The Balaban J connectivity index is 1.84. The molecular formula is C25H24O6. The van der Waals surface area contributed by atoms with Crippen molar-refractivity contribution in [3.8, 4) is 23.0 Å². The number of aromatic hydroxyl groups is 1. The Morgan fingerprint density at radius 1 is 1.03 bits per heavy atom. The van der Waals surface area contributed by atoms with Gasteiger partial charge in [-0.15, -0.1) is 0 Å². The third kappa shape index (κ3) is 6.10. The molecular weight excluding hydrogens is 396 g/mol. The van der Waals surface area contributed by atoms with Crippen molar-refractivity contribution in [2.24, 2.45) is 0 Å². The van der Waals surface area contributed by atoms with Crippen LogP contribution in [0.25, 0.3) is 6.08 Å². The number of rotatable bonds is 8. The highest BCUT2D eigenvalue weighted by Gasteiger charge is 2.14. The van der Waals surface area contributed by atoms with Gasteiger partial charge in [0.25, 0.3) is 0 Å². The monoisotopic (exact) mass is 420 g/mol. The molecule has 31 heavy (non-hydrogen) atoms. The van der Waals surface area contributed by atoms with Crippen molar-refractivity contribution in [2.45, 2.75) is 19.6 Å². The summed E-state index contributed by atoms with van der Waals surface area (Å²) < 4.78 is 16.1. The van der Waals surface area contributed by atoms with Crippen LogP contribution in [0.2, 0.25) is 0 Å². The Kier molecular flexibility index (Phi) is 7.30. The van der Waals surface area contributed by atoms with Crippen LogP contribution in [0.3, 0.4) is 0 Å². The van der Waals surface area contributed by atoms with Crippen LogP contribution in [0.15, 0.2) is 72.8 Å². The van der Waals surface area contributed by atoms with Gasteiger partial charge in [0.15, 0.2) is 0 Å². The fraction of sp³-hybridized carbons (Fsp3) is 0.160. The number of aliphatic hydroxyl groups excluding tert-OH is 1. The second-order valence-electron chi connectivity index (χ2n) is 6.80. The predicted molar refractivity (Wildman–Crippen MR) is 117 cm³/mol. The van der Waals surface area contributed by atoms with Gasteiger partial charge in [-0.05, 0) is 29.8 Å². The molecule has 0 spiro atoms. The largest absolute Gasteiger partial charge is 0.507 e. The van der Waals surface area contributed by atoms with E-state index in [1.807, 2.05) is 30.3 Å². The normalized spacial score (nSPS) is 11.8. The second-order valence-corrected chi connectivity index (χ2v) is 6.80. The summed E-state index contributed by atoms with van der Waals surface area (Å²) in [6, 6.07) is 19.3. The molecule has 160 valence electrons. The van der Waals surface area contributed by atoms with E-state index in [1.165, 1.54) is 26.2 Å². The van der Waals surface area contributed by atoms with Crippen molar-refractivity contribution in [3.05, 3.63) is 89.5 Å². The highest BCUT2D eigenvalue weighted by Crippen LogP contribution is 2.32. The number of hydrogen-bond acceptors (Lipinski definition) is 6. The molecule has 0 amide bonds. The zero-order chi connectivity index (χ0) is 22.2. The average Bonchev–Trinajstić information content (AvgIpc) is 2.77. The van der Waals surface area contributed by atoms with E-state index in [4.69, 9.17) is 14.2 Å². The molecule has 0 saturated carbocycles. The lowest BCUT2D eigenvalue weighted by Gasteiger charge is -2.16. The molecule has 3 aromatic rings. The first-order valence-corrected chi connectivity index (χ1v) is 9.68. The van der Waals surface area contributed by atoms with Gasteiger partial charge >= 0.3 is 5.97 Å². The molecule has 6 nitrogen and oxygen atoms in total. The molecule has 1 unspecified atom stereocenters. The van der Waals surface area contributed by atoms with E-state index in [0.29, 0.717) is 28.4 Å². The van der Waals surface area contributed by atoms with Crippen LogP contribution >= 0.6 is 0 Å². The van der Waals surface area contributed by atoms with Gasteiger partial charge in [-0.2, -0.15) is 0 Å². The summed E-state index contributed by atoms with van der Waals surface area (Å²) in [5, 5.41) is 20.8. The van der Waals surface area contributed by atoms with Crippen molar-refractivity contribution in [3.63, 3.8) is 0 Å². The van der Waals surface area contributed by atoms with Crippen LogP contribution in [0.4, 0.5) is 0 Å². The lowest BCUT2D eigenvalue weighted by Crippen LogP contribution is -2.05. The maximum Gasteiger partial charge on any atom is 0.308 e. The first kappa shape index (κ1) is 21.9. The smallest absolute Gasteiger partial charge is 0.308 e. The molecule has 0 heterocycles. The number of carbonyl (C=O) groups excluding carboxylic acids is 1. The minimum atomic E-state index is -1.02. The van der Waals surface area contributed by atoms with Crippen molar-refractivity contribution < 1.29 is 29.2 Å². The molecule has 0 aliphatic rings. The number of phenols is 1. The Morgan fingerprint density at radius 2 is 1.77 bits per heavy atom. The summed E-state index contributed by atoms with van der Waals surface area (Å²) in [5.74, 6) is 0.834. The van der Waals surface area contributed by atoms with Gasteiger partial charge in [0, 0.05) is 30.2 Å². The number of esters is 1. The fourth-order valence-corrected chi connectivity index (χ4v) is 2.94. The van der Waals surface area contributed by atoms with Crippen LogP contribution < -0.4 is 14.2 Å². The summed E-state index contributed by atoms with van der Waals surface area (Å²) in [5.41, 5.74) is 1.98. The van der Waals surface area contributed by atoms with Crippen molar-refractivity contribution in [2.75, 3.05) is 7.11 Å². The predicted octanol–water partition coefficient (Wildman–Crippen LogP) is 4.65. The number of methoxy groups -OCH3 is 1. The first-order chi connectivity index (χ1) is 15.0. The van der Waals surface area contributed by atoms with Gasteiger partial charge in [-0.25, -0.2) is 0 Å². The highest BCUT2D eigenvalue weighted by atomic mass is 16.5. The Hall–Kier alpha value is -3.77. The minimum Gasteiger partial charge on any atom is -0.507 e. The molecule has 0 aliphatic carbocycles. The van der Waals surface area contributed by atoms with Gasteiger partial charge in [0.1, 0.15) is 35.7 Å². The number of aliphatic hydroxyl groups is 1. The SMILES string of the molecule is COc1ccc(C=CC(O)c2ccc(OC(C)=O)cc2OCc2ccccc2)c(O)c1. The van der Waals surface area contributed by atoms with E-state index in [0.717, 1.165) is 5.56 Å². The minimum absolute atomic E-state index is 0.0357. The third-order valence-corrected chi connectivity index (χ3v) is 4.50. The number of phenolic OH excluding ortho intramolecular Hbond substituents is 1. The first-order valence-electron chi connectivity index (χ1n) is 9.68. The Labute approximate surface area is 181 Å². The quantitative estimate of drug-likeness (QED) is 0.408. The topological polar surface area (TPSA) is 85.2 Å². The molecule has 0 bridgehead atoms. The molecule has 0 aliphatic heterocycles. The van der Waals surface area contributed by atoms with Gasteiger partial charge in [-0.1, -0.05) is 42.5 Å². The van der Waals surface area contributed by atoms with Gasteiger partial charge in [-0.3, -0.25) is 4.79 Å². The summed E-state index contributed by atoms with van der Waals surface area (Å²) in [4.78, 5) is 11.3. The average molecular weight is 420 g/mol. The summed E-state index contributed by atoms with van der Waals surface area (Å²) in [7, 11) is 1.52. The van der Waals surface area contributed by atoms with E-state index in [-0.39, 0.29) is 12.4 Å². The van der Waals surface area contributed by atoms with Crippen LogP contribution in [0.1, 0.15) is 29.7 Å². The maximum atomic E-state index is 11.3. The Bertz CT molecular complexity index is 1060. The van der Waals surface area contributed by atoms with E-state index in [1.54, 1.807) is 36.4 Å². The standard InChI is InChI=1S/C25H24O6/c1-17(26)31-21-11-12-22(25(15-21)30-16-18-6-4-3-5-7-18)23(27)13-9-19-8-10-20(29-2)14-24(19)28/h3-15,23,27-28H,16H2,1-2H3. The molecule has 3 rings (SSSR count). The molecule has 1 atom stereocenters. The summed E-state index contributed by atoms with van der Waals surface area (Å²) >= 11 is 0. The number of carbonyl (C=O) groups is 1. The molecule has 0 radical (unpaired) electrons. The van der Waals surface area contributed by atoms with Gasteiger partial charge < -0.3 is 24.4 Å². The molecule has 0 saturated heterocycles. The fourth-order valence-electron chi connectivity index (χ4n) is 2.94. The van der Waals surface area contributed by atoms with Crippen molar-refractivity contribution in [1.82, 2.24) is 0 Å². The molecule has 2 N–H and O–H groups in total. The molecule has 3 aromatic carbocycles. The summed E-state index contributed by atoms with van der Waals surface area (Å²) in [6.07, 6.45) is 2.14. The number of hydrogen-bond donors (Lipinski definition) is 2. The Morgan fingerprint density at radius 3 is 2.45 bits per heavy atom. The van der Waals surface area contributed by atoms with E-state index in [2.05, 4.69) is 0 Å². The lowest BCUT2D eigenvalue weighted by atomic mass is 10.1. The van der Waals surface area contributed by atoms with Crippen LogP contribution in [0.5, 0.6) is 23.0 Å². The van der Waals surface area contributed by atoms with Crippen molar-refractivity contribution in [1.29, 1.82) is 0 Å². The number of benzene rings is 3. The van der Waals surface area contributed by atoms with E-state index >= 15 is 0 Å². The lowest BCUT2D eigenvalue weighted by molar-refractivity contribution is -0.131. The van der Waals surface area contributed by atoms with E-state index in [9.17, 15) is 15.0 Å². The van der Waals surface area contributed by atoms with Crippen LogP contribution in [-0.4, -0.2) is 23.3 Å². The maximum absolute atomic E-state index is 11.3. The highest BCUT2D eigenvalue weighted by molar-refractivity contribution is 5.69. The van der Waals surface area contributed by atoms with Crippen molar-refractivity contribution >= 4 is 12.0 Å². The molecule has 0 fully saturated rings. The van der Waals surface area contributed by atoms with E-state index < -0.39 is 12.1 Å². The summed E-state index contributed by atoms with van der Waals surface area (Å²) in [6.45, 7) is 1.60. The van der Waals surface area contributed by atoms with Gasteiger partial charge in [0.2, 0.25) is 0 Å². The molecule has 0 aromatic heterocycles. The second kappa shape index (κ2) is 10.3. The van der Waals surface area contributed by atoms with Gasteiger partial charge in [0.05, 0.1) is 7.11 Å². The van der Waals surface area contributed by atoms with Crippen LogP contribution in [0, 0.1) is 0 Å². The molecule has 6 heteroatoms. The number of ether oxygens (including phenoxy) is 3. The third-order valence-electron chi connectivity index (χ3n) is 4.50. The zero-order valence-corrected chi connectivity index (χ0v) is 17.3. The zero-order valence-electron chi connectivity index (χ0n) is 17.3.